The molecule has 0 fully saturated rings. The Labute approximate surface area is 139 Å². The third-order valence-corrected chi connectivity index (χ3v) is 3.22. The molecule has 0 bridgehead atoms. The normalized spacial score (nSPS) is 11.8. The molecule has 7 nitrogen and oxygen atoms in total. The quantitative estimate of drug-likeness (QED) is 0.654. The van der Waals surface area contributed by atoms with Crippen molar-refractivity contribution in [3.8, 4) is 17.2 Å². The zero-order valence-corrected chi connectivity index (χ0v) is 13.7. The van der Waals surface area contributed by atoms with Crippen molar-refractivity contribution in [3.63, 3.8) is 0 Å². The molecule has 0 amide bonds. The number of nitrogens with one attached hydrogen (secondary N) is 1. The molecule has 24 heavy (non-hydrogen) atoms. The third kappa shape index (κ3) is 3.50. The van der Waals surface area contributed by atoms with Gasteiger partial charge in [0, 0.05) is 11.6 Å². The Kier molecular flexibility index (Phi) is 5.12. The van der Waals surface area contributed by atoms with Crippen molar-refractivity contribution in [2.45, 2.75) is 6.18 Å². The van der Waals surface area contributed by atoms with Gasteiger partial charge in [0.15, 0.2) is 11.5 Å². The number of rotatable bonds is 5. The largest absolute Gasteiger partial charge is 0.496 e. The number of alkyl halides is 3. The maximum atomic E-state index is 12.9. The fourth-order valence-electron chi connectivity index (χ4n) is 1.86. The first-order valence-corrected chi connectivity index (χ1v) is 6.81. The highest BCUT2D eigenvalue weighted by atomic mass is 32.1. The van der Waals surface area contributed by atoms with Crippen LogP contribution in [0.5, 0.6) is 17.2 Å². The molecule has 1 aromatic carbocycles. The summed E-state index contributed by atoms with van der Waals surface area (Å²) in [5.41, 5.74) is 0.367. The number of ether oxygens (including phenoxy) is 3. The highest BCUT2D eigenvalue weighted by molar-refractivity contribution is 7.71. The minimum atomic E-state index is -4.70. The molecule has 0 unspecified atom stereocenters. The van der Waals surface area contributed by atoms with Gasteiger partial charge in [0.25, 0.3) is 5.82 Å². The molecule has 0 aliphatic heterocycles. The van der Waals surface area contributed by atoms with Gasteiger partial charge in [-0.2, -0.15) is 22.9 Å². The summed E-state index contributed by atoms with van der Waals surface area (Å²) in [5, 5.41) is 8.93. The molecule has 0 saturated heterocycles. The summed E-state index contributed by atoms with van der Waals surface area (Å²) in [4.78, 5) is 0. The van der Waals surface area contributed by atoms with Gasteiger partial charge in [-0.15, -0.1) is 5.10 Å². The number of H-pyrrole nitrogens is 1. The molecule has 0 aliphatic carbocycles. The van der Waals surface area contributed by atoms with Crippen LogP contribution in [0.3, 0.4) is 0 Å². The van der Waals surface area contributed by atoms with Crippen LogP contribution in [0.4, 0.5) is 13.2 Å². The van der Waals surface area contributed by atoms with E-state index in [4.69, 9.17) is 26.4 Å². The van der Waals surface area contributed by atoms with Crippen molar-refractivity contribution in [1.29, 1.82) is 0 Å². The van der Waals surface area contributed by atoms with E-state index >= 15 is 0 Å². The van der Waals surface area contributed by atoms with E-state index in [2.05, 4.69) is 15.3 Å². The topological polar surface area (TPSA) is 73.7 Å². The molecule has 130 valence electrons. The Morgan fingerprint density at radius 3 is 2.25 bits per heavy atom. The Balaban J connectivity index is 2.50. The second-order valence-corrected chi connectivity index (χ2v) is 4.74. The Hall–Kier alpha value is -2.56. The molecule has 2 rings (SSSR count). The smallest absolute Gasteiger partial charge is 0.453 e. The van der Waals surface area contributed by atoms with Crippen LogP contribution in [-0.4, -0.2) is 42.4 Å². The molecule has 1 N–H and O–H groups in total. The molecule has 0 radical (unpaired) electrons. The molecule has 2 aromatic rings. The lowest BCUT2D eigenvalue weighted by Gasteiger charge is -2.12. The van der Waals surface area contributed by atoms with E-state index < -0.39 is 12.0 Å². The van der Waals surface area contributed by atoms with Crippen LogP contribution >= 0.6 is 12.2 Å². The monoisotopic (exact) mass is 362 g/mol. The molecule has 0 atom stereocenters. The summed E-state index contributed by atoms with van der Waals surface area (Å²) in [7, 11) is 4.29. The van der Waals surface area contributed by atoms with Gasteiger partial charge in [0.2, 0.25) is 4.77 Å². The third-order valence-electron chi connectivity index (χ3n) is 2.95. The van der Waals surface area contributed by atoms with Crippen LogP contribution in [-0.2, 0) is 6.18 Å². The zero-order chi connectivity index (χ0) is 17.9. The van der Waals surface area contributed by atoms with Crippen molar-refractivity contribution in [2.24, 2.45) is 5.10 Å². The molecule has 1 aromatic heterocycles. The first kappa shape index (κ1) is 17.8. The average molecular weight is 362 g/mol. The Morgan fingerprint density at radius 1 is 1.12 bits per heavy atom. The first-order valence-electron chi connectivity index (χ1n) is 6.40. The second-order valence-electron chi connectivity index (χ2n) is 4.36. The van der Waals surface area contributed by atoms with Crippen LogP contribution in [0.25, 0.3) is 0 Å². The molecule has 0 spiro atoms. The molecular weight excluding hydrogens is 349 g/mol. The van der Waals surface area contributed by atoms with Crippen molar-refractivity contribution < 1.29 is 27.4 Å². The van der Waals surface area contributed by atoms with E-state index in [0.717, 1.165) is 6.21 Å². The predicted octanol–water partition coefficient (Wildman–Crippen LogP) is 2.87. The van der Waals surface area contributed by atoms with Crippen molar-refractivity contribution >= 4 is 18.4 Å². The summed E-state index contributed by atoms with van der Waals surface area (Å²) >= 11 is 4.76. The second kappa shape index (κ2) is 6.91. The lowest BCUT2D eigenvalue weighted by Crippen LogP contribution is -2.12. The van der Waals surface area contributed by atoms with Crippen molar-refractivity contribution in [2.75, 3.05) is 21.3 Å². The standard InChI is InChI=1S/C13H13F3N4O3S/c1-21-8-5-10(23-3)9(22-2)4-7(8)6-17-20-11(13(14,15)16)18-19-12(20)24/h4-6H,1-3H3,(H,19,24)/b17-6-. The minimum Gasteiger partial charge on any atom is -0.496 e. The van der Waals surface area contributed by atoms with Gasteiger partial charge in [-0.05, 0) is 18.3 Å². The van der Waals surface area contributed by atoms with Crippen LogP contribution in [0.2, 0.25) is 0 Å². The molecule has 0 aliphatic rings. The molecule has 0 saturated carbocycles. The van der Waals surface area contributed by atoms with Gasteiger partial charge >= 0.3 is 6.18 Å². The van der Waals surface area contributed by atoms with Gasteiger partial charge in [0.05, 0.1) is 27.5 Å². The van der Waals surface area contributed by atoms with Gasteiger partial charge in [0.1, 0.15) is 5.75 Å². The lowest BCUT2D eigenvalue weighted by molar-refractivity contribution is -0.147. The number of benzene rings is 1. The fourth-order valence-corrected chi connectivity index (χ4v) is 2.04. The Bertz CT molecular complexity index is 814. The van der Waals surface area contributed by atoms with Gasteiger partial charge in [-0.1, -0.05) is 0 Å². The van der Waals surface area contributed by atoms with E-state index in [9.17, 15) is 13.2 Å². The van der Waals surface area contributed by atoms with Crippen molar-refractivity contribution in [1.82, 2.24) is 14.9 Å². The number of halogens is 3. The molecular formula is C13H13F3N4O3S. The van der Waals surface area contributed by atoms with Crippen LogP contribution in [0.1, 0.15) is 11.4 Å². The van der Waals surface area contributed by atoms with Crippen LogP contribution in [0.15, 0.2) is 17.2 Å². The van der Waals surface area contributed by atoms with Crippen LogP contribution < -0.4 is 14.2 Å². The lowest BCUT2D eigenvalue weighted by atomic mass is 10.2. The fraction of sp³-hybridized carbons (Fsp3) is 0.308. The maximum Gasteiger partial charge on any atom is 0.453 e. The predicted molar refractivity (Wildman–Crippen MR) is 81.5 cm³/mol. The first-order chi connectivity index (χ1) is 11.3. The summed E-state index contributed by atoms with van der Waals surface area (Å²) in [6, 6.07) is 3.04. The summed E-state index contributed by atoms with van der Waals surface area (Å²) in [5.74, 6) is -0.155. The number of hydrogen-bond donors (Lipinski definition) is 1. The number of aromatic amines is 1. The molecule has 11 heteroatoms. The average Bonchev–Trinajstić information content (AvgIpc) is 2.92. The van der Waals surface area contributed by atoms with Gasteiger partial charge in [-0.25, -0.2) is 5.10 Å². The summed E-state index contributed by atoms with van der Waals surface area (Å²) in [6.45, 7) is 0. The SMILES string of the molecule is COc1cc(OC)c(OC)cc1/C=N\n1c(C(F)(F)F)n[nH]c1=S. The number of methoxy groups -OCH3 is 3. The van der Waals surface area contributed by atoms with E-state index in [1.807, 2.05) is 0 Å². The van der Waals surface area contributed by atoms with Gasteiger partial charge < -0.3 is 14.2 Å². The van der Waals surface area contributed by atoms with Crippen molar-refractivity contribution in [3.05, 3.63) is 28.3 Å². The minimum absolute atomic E-state index is 0.294. The number of aromatic nitrogens is 3. The number of hydrogen-bond acceptors (Lipinski definition) is 6. The molecule has 1 heterocycles. The number of nitrogens with zero attached hydrogens (tertiary/aromatic N) is 3. The van der Waals surface area contributed by atoms with E-state index in [1.54, 1.807) is 0 Å². The Morgan fingerprint density at radius 2 is 1.71 bits per heavy atom. The summed E-state index contributed by atoms with van der Waals surface area (Å²) in [6.07, 6.45) is -3.55. The van der Waals surface area contributed by atoms with E-state index in [-0.39, 0.29) is 4.77 Å². The summed E-state index contributed by atoms with van der Waals surface area (Å²) < 4.78 is 54.2. The highest BCUT2D eigenvalue weighted by Crippen LogP contribution is 2.34. The van der Waals surface area contributed by atoms with E-state index in [0.29, 0.717) is 27.5 Å². The van der Waals surface area contributed by atoms with Crippen LogP contribution in [0, 0.1) is 4.77 Å². The maximum absolute atomic E-state index is 12.9. The zero-order valence-electron chi connectivity index (χ0n) is 12.8. The van der Waals surface area contributed by atoms with Gasteiger partial charge in [-0.3, -0.25) is 0 Å². The van der Waals surface area contributed by atoms with E-state index in [1.165, 1.54) is 33.5 Å². The highest BCUT2D eigenvalue weighted by Gasteiger charge is 2.37.